The Bertz CT molecular complexity index is 2650. The number of benzene rings is 8. The average molecular weight is 713 g/mol. The molecule has 8 aromatic rings. The molecule has 270 valence electrons. The number of fused-ring (bicyclic) bond motifs is 8. The lowest BCUT2D eigenvalue weighted by Crippen LogP contribution is -2.17. The van der Waals surface area contributed by atoms with Gasteiger partial charge in [-0.2, -0.15) is 0 Å². The number of hydrogen-bond donors (Lipinski definition) is 0. The Labute approximate surface area is 326 Å². The highest BCUT2D eigenvalue weighted by Gasteiger charge is 2.39. The van der Waals surface area contributed by atoms with Gasteiger partial charge in [0.1, 0.15) is 0 Å². The van der Waals surface area contributed by atoms with E-state index < -0.39 is 0 Å². The SMILES string of the molecule is CC(C)c1ccc(N(c2ccccc2)c2ccc3c(c2)C(C)(C)c2c-3c3ccccc3c3cc(N(c4ccccc4)c4ccc(C(C)C)cc4)ccc23)cc1. The zero-order valence-electron chi connectivity index (χ0n) is 32.7. The summed E-state index contributed by atoms with van der Waals surface area (Å²) in [6.45, 7) is 13.8. The van der Waals surface area contributed by atoms with Crippen LogP contribution in [-0.2, 0) is 5.41 Å². The molecule has 9 rings (SSSR count). The summed E-state index contributed by atoms with van der Waals surface area (Å²) in [6, 6.07) is 63.0. The number of para-hydroxylation sites is 2. The van der Waals surface area contributed by atoms with Gasteiger partial charge in [-0.15, -0.1) is 0 Å². The third-order valence-corrected chi connectivity index (χ3v) is 11.8. The third kappa shape index (κ3) is 5.88. The van der Waals surface area contributed by atoms with E-state index in [1.165, 1.54) is 60.6 Å². The molecule has 0 heterocycles. The minimum absolute atomic E-state index is 0.236. The first-order valence-corrected chi connectivity index (χ1v) is 19.7. The van der Waals surface area contributed by atoms with Crippen LogP contribution < -0.4 is 9.80 Å². The zero-order chi connectivity index (χ0) is 37.8. The lowest BCUT2D eigenvalue weighted by molar-refractivity contribution is 0.666. The Morgan fingerprint density at radius 3 is 1.35 bits per heavy atom. The normalized spacial score (nSPS) is 13.0. The minimum atomic E-state index is -0.236. The van der Waals surface area contributed by atoms with Crippen LogP contribution in [-0.4, -0.2) is 0 Å². The topological polar surface area (TPSA) is 6.48 Å². The van der Waals surface area contributed by atoms with Crippen LogP contribution in [0.5, 0.6) is 0 Å². The van der Waals surface area contributed by atoms with Gasteiger partial charge in [0, 0.05) is 39.5 Å². The molecule has 0 atom stereocenters. The first-order valence-electron chi connectivity index (χ1n) is 19.7. The molecule has 2 heteroatoms. The van der Waals surface area contributed by atoms with Crippen molar-refractivity contribution in [3.05, 3.63) is 192 Å². The highest BCUT2D eigenvalue weighted by molar-refractivity contribution is 6.19. The van der Waals surface area contributed by atoms with Crippen LogP contribution in [0, 0.1) is 0 Å². The van der Waals surface area contributed by atoms with Gasteiger partial charge in [-0.05, 0) is 140 Å². The molecule has 0 saturated heterocycles. The van der Waals surface area contributed by atoms with Gasteiger partial charge in [0.05, 0.1) is 0 Å². The first kappa shape index (κ1) is 34.6. The Balaban J connectivity index is 1.22. The van der Waals surface area contributed by atoms with Gasteiger partial charge in [0.25, 0.3) is 0 Å². The Kier molecular flexibility index (Phi) is 8.58. The lowest BCUT2D eigenvalue weighted by atomic mass is 9.79. The maximum Gasteiger partial charge on any atom is 0.0468 e. The molecule has 0 N–H and O–H groups in total. The van der Waals surface area contributed by atoms with Crippen LogP contribution in [0.1, 0.15) is 75.6 Å². The molecule has 0 spiro atoms. The molecule has 0 saturated carbocycles. The second kappa shape index (κ2) is 13.6. The van der Waals surface area contributed by atoms with Crippen molar-refractivity contribution >= 4 is 55.7 Å². The van der Waals surface area contributed by atoms with Crippen LogP contribution in [0.2, 0.25) is 0 Å². The Morgan fingerprint density at radius 2 is 0.818 bits per heavy atom. The van der Waals surface area contributed by atoms with Gasteiger partial charge in [-0.3, -0.25) is 0 Å². The lowest BCUT2D eigenvalue weighted by Gasteiger charge is -2.29. The van der Waals surface area contributed by atoms with Gasteiger partial charge in [0.2, 0.25) is 0 Å². The summed E-state index contributed by atoms with van der Waals surface area (Å²) in [5.74, 6) is 0.964. The molecule has 1 aliphatic rings. The molecule has 0 bridgehead atoms. The smallest absolute Gasteiger partial charge is 0.0468 e. The van der Waals surface area contributed by atoms with Gasteiger partial charge in [-0.1, -0.05) is 139 Å². The number of anilines is 6. The fourth-order valence-electron chi connectivity index (χ4n) is 8.85. The molecule has 8 aromatic carbocycles. The second-order valence-electron chi connectivity index (χ2n) is 16.2. The largest absolute Gasteiger partial charge is 0.310 e. The average Bonchev–Trinajstić information content (AvgIpc) is 3.45. The van der Waals surface area contributed by atoms with E-state index in [4.69, 9.17) is 0 Å². The Hall–Kier alpha value is -6.12. The van der Waals surface area contributed by atoms with E-state index in [1.807, 2.05) is 0 Å². The third-order valence-electron chi connectivity index (χ3n) is 11.8. The summed E-state index contributed by atoms with van der Waals surface area (Å²) < 4.78 is 0. The molecule has 0 aromatic heterocycles. The van der Waals surface area contributed by atoms with E-state index >= 15 is 0 Å². The second-order valence-corrected chi connectivity index (χ2v) is 16.2. The molecule has 0 radical (unpaired) electrons. The monoisotopic (exact) mass is 712 g/mol. The maximum atomic E-state index is 2.45. The van der Waals surface area contributed by atoms with Crippen LogP contribution in [0.3, 0.4) is 0 Å². The molecule has 0 unspecified atom stereocenters. The molecule has 0 amide bonds. The zero-order valence-corrected chi connectivity index (χ0v) is 32.7. The molecule has 0 fully saturated rings. The van der Waals surface area contributed by atoms with Crippen LogP contribution in [0.25, 0.3) is 32.7 Å². The summed E-state index contributed by atoms with van der Waals surface area (Å²) in [4.78, 5) is 4.79. The molecular weight excluding hydrogens is 665 g/mol. The van der Waals surface area contributed by atoms with E-state index in [2.05, 4.69) is 221 Å². The van der Waals surface area contributed by atoms with Crippen molar-refractivity contribution in [2.24, 2.45) is 0 Å². The summed E-state index contributed by atoms with van der Waals surface area (Å²) in [6.07, 6.45) is 0. The van der Waals surface area contributed by atoms with Crippen molar-refractivity contribution in [1.82, 2.24) is 0 Å². The fourth-order valence-corrected chi connectivity index (χ4v) is 8.85. The molecule has 1 aliphatic carbocycles. The van der Waals surface area contributed by atoms with E-state index in [-0.39, 0.29) is 5.41 Å². The van der Waals surface area contributed by atoms with Crippen molar-refractivity contribution in [3.8, 4) is 11.1 Å². The van der Waals surface area contributed by atoms with Crippen molar-refractivity contribution in [2.45, 2.75) is 58.8 Å². The van der Waals surface area contributed by atoms with Crippen molar-refractivity contribution < 1.29 is 0 Å². The maximum absolute atomic E-state index is 2.45. The predicted octanol–water partition coefficient (Wildman–Crippen LogP) is 15.5. The number of rotatable bonds is 8. The fraction of sp³-hybridized carbons (Fsp3) is 0.170. The number of hydrogen-bond acceptors (Lipinski definition) is 2. The van der Waals surface area contributed by atoms with Gasteiger partial charge >= 0.3 is 0 Å². The van der Waals surface area contributed by atoms with Crippen molar-refractivity contribution in [2.75, 3.05) is 9.80 Å². The molecule has 0 aliphatic heterocycles. The summed E-state index contributed by atoms with van der Waals surface area (Å²) in [5, 5.41) is 5.18. The minimum Gasteiger partial charge on any atom is -0.310 e. The van der Waals surface area contributed by atoms with Gasteiger partial charge in [-0.25, -0.2) is 0 Å². The summed E-state index contributed by atoms with van der Waals surface area (Å²) in [7, 11) is 0. The van der Waals surface area contributed by atoms with Crippen molar-refractivity contribution in [3.63, 3.8) is 0 Å². The predicted molar refractivity (Wildman–Crippen MR) is 237 cm³/mol. The van der Waals surface area contributed by atoms with E-state index in [0.29, 0.717) is 11.8 Å². The van der Waals surface area contributed by atoms with Gasteiger partial charge < -0.3 is 9.80 Å². The summed E-state index contributed by atoms with van der Waals surface area (Å²) >= 11 is 0. The molecule has 2 nitrogen and oxygen atoms in total. The van der Waals surface area contributed by atoms with Crippen LogP contribution in [0.4, 0.5) is 34.1 Å². The Morgan fingerprint density at radius 1 is 0.382 bits per heavy atom. The molecular formula is C53H48N2. The van der Waals surface area contributed by atoms with Crippen LogP contribution in [0.15, 0.2) is 170 Å². The molecule has 55 heavy (non-hydrogen) atoms. The van der Waals surface area contributed by atoms with E-state index in [0.717, 1.165) is 28.4 Å². The van der Waals surface area contributed by atoms with Crippen LogP contribution >= 0.6 is 0 Å². The quantitative estimate of drug-likeness (QED) is 0.145. The first-order chi connectivity index (χ1) is 26.7. The van der Waals surface area contributed by atoms with E-state index in [9.17, 15) is 0 Å². The standard InChI is InChI=1S/C53H48N2/c1-35(2)37-21-25-41(26-22-37)54(39-15-9-7-10-16-39)43-29-31-47-49(33-43)45-19-13-14-20-46(45)51-48-32-30-44(34-50(48)53(5,6)52(47)51)55(40-17-11-8-12-18-40)42-27-23-38(24-28-42)36(3)4/h7-36H,1-6H3. The highest BCUT2D eigenvalue weighted by atomic mass is 15.1. The summed E-state index contributed by atoms with van der Waals surface area (Å²) in [5.41, 5.74) is 14.8. The van der Waals surface area contributed by atoms with Gasteiger partial charge in [0.15, 0.2) is 0 Å². The van der Waals surface area contributed by atoms with Crippen molar-refractivity contribution in [1.29, 1.82) is 0 Å². The van der Waals surface area contributed by atoms with E-state index in [1.54, 1.807) is 0 Å². The number of nitrogens with zero attached hydrogens (tertiary/aromatic N) is 2. The highest BCUT2D eigenvalue weighted by Crippen LogP contribution is 2.56.